The third kappa shape index (κ3) is 1.72. The number of ketones is 1. The van der Waals surface area contributed by atoms with Crippen molar-refractivity contribution < 1.29 is 9.53 Å². The van der Waals surface area contributed by atoms with Gasteiger partial charge in [0.05, 0.1) is 17.8 Å². The van der Waals surface area contributed by atoms with Crippen LogP contribution in [0, 0.1) is 6.92 Å². The molecule has 4 nitrogen and oxygen atoms in total. The molecule has 4 heteroatoms. The molecule has 0 N–H and O–H groups in total. The molecule has 16 heavy (non-hydrogen) atoms. The molecule has 0 saturated heterocycles. The largest absolute Gasteiger partial charge is 0.477 e. The maximum Gasteiger partial charge on any atom is 0.223 e. The summed E-state index contributed by atoms with van der Waals surface area (Å²) in [4.78, 5) is 11.9. The van der Waals surface area contributed by atoms with Crippen LogP contribution in [0.2, 0.25) is 0 Å². The molecular weight excluding hydrogens is 204 g/mol. The zero-order valence-corrected chi connectivity index (χ0v) is 10.3. The minimum Gasteiger partial charge on any atom is -0.477 e. The van der Waals surface area contributed by atoms with E-state index in [1.165, 1.54) is 0 Å². The van der Waals surface area contributed by atoms with E-state index in [2.05, 4.69) is 25.9 Å². The van der Waals surface area contributed by atoms with Crippen LogP contribution in [-0.4, -0.2) is 22.2 Å². The monoisotopic (exact) mass is 222 g/mol. The van der Waals surface area contributed by atoms with Crippen LogP contribution in [-0.2, 0) is 5.54 Å². The first-order valence-corrected chi connectivity index (χ1v) is 5.67. The Bertz CT molecular complexity index is 427. The van der Waals surface area contributed by atoms with Gasteiger partial charge in [-0.2, -0.15) is 5.10 Å². The number of hydrogen-bond donors (Lipinski definition) is 0. The highest BCUT2D eigenvalue weighted by molar-refractivity contribution is 5.99. The van der Waals surface area contributed by atoms with Gasteiger partial charge >= 0.3 is 0 Å². The number of Topliss-reactive ketones (excluding diaryl/α,β-unsaturated/α-hetero) is 1. The van der Waals surface area contributed by atoms with Gasteiger partial charge in [0.1, 0.15) is 5.56 Å². The third-order valence-corrected chi connectivity index (χ3v) is 2.72. The zero-order valence-electron chi connectivity index (χ0n) is 10.3. The normalized spacial score (nSPS) is 16.6. The highest BCUT2D eigenvalue weighted by Crippen LogP contribution is 2.31. The second-order valence-electron chi connectivity index (χ2n) is 5.22. The van der Waals surface area contributed by atoms with Crippen LogP contribution in [0.3, 0.4) is 0 Å². The highest BCUT2D eigenvalue weighted by atomic mass is 16.5. The molecule has 0 aliphatic carbocycles. The number of carbonyl (C=O) groups is 1. The minimum atomic E-state index is -0.164. The van der Waals surface area contributed by atoms with E-state index < -0.39 is 0 Å². The van der Waals surface area contributed by atoms with E-state index in [4.69, 9.17) is 4.74 Å². The van der Waals surface area contributed by atoms with Gasteiger partial charge in [0.15, 0.2) is 5.78 Å². The van der Waals surface area contributed by atoms with Gasteiger partial charge in [0.25, 0.3) is 0 Å². The molecule has 1 aliphatic heterocycles. The Balaban J connectivity index is 2.60. The van der Waals surface area contributed by atoms with Crippen LogP contribution in [0.4, 0.5) is 0 Å². The van der Waals surface area contributed by atoms with E-state index in [0.717, 1.165) is 12.1 Å². The van der Waals surface area contributed by atoms with E-state index in [1.807, 2.05) is 11.6 Å². The Morgan fingerprint density at radius 2 is 2.06 bits per heavy atom. The predicted octanol–water partition coefficient (Wildman–Crippen LogP) is 2.30. The second-order valence-corrected chi connectivity index (χ2v) is 5.22. The van der Waals surface area contributed by atoms with Gasteiger partial charge in [-0.3, -0.25) is 4.79 Å². The van der Waals surface area contributed by atoms with Crippen LogP contribution in [0.15, 0.2) is 0 Å². The molecule has 2 rings (SSSR count). The second kappa shape index (κ2) is 3.61. The Hall–Kier alpha value is -1.32. The summed E-state index contributed by atoms with van der Waals surface area (Å²) < 4.78 is 7.50. The predicted molar refractivity (Wildman–Crippen MR) is 61.0 cm³/mol. The Kier molecular flexibility index (Phi) is 2.52. The number of rotatable bonds is 0. The summed E-state index contributed by atoms with van der Waals surface area (Å²) in [5.41, 5.74) is 1.28. The zero-order chi connectivity index (χ0) is 11.9. The highest BCUT2D eigenvalue weighted by Gasteiger charge is 2.29. The van der Waals surface area contributed by atoms with Crippen molar-refractivity contribution in [3.8, 4) is 5.88 Å². The molecular formula is C12H18N2O2. The minimum absolute atomic E-state index is 0.153. The summed E-state index contributed by atoms with van der Waals surface area (Å²) in [5, 5.41) is 4.43. The molecule has 0 spiro atoms. The van der Waals surface area contributed by atoms with Gasteiger partial charge < -0.3 is 4.74 Å². The van der Waals surface area contributed by atoms with Crippen molar-refractivity contribution in [1.29, 1.82) is 0 Å². The summed E-state index contributed by atoms with van der Waals surface area (Å²) in [6.07, 6.45) is 1.35. The molecule has 0 radical (unpaired) electrons. The van der Waals surface area contributed by atoms with Crippen molar-refractivity contribution in [2.75, 3.05) is 6.61 Å². The summed E-state index contributed by atoms with van der Waals surface area (Å²) in [6, 6.07) is 0. The Morgan fingerprint density at radius 1 is 1.38 bits per heavy atom. The van der Waals surface area contributed by atoms with Crippen molar-refractivity contribution >= 4 is 5.78 Å². The quantitative estimate of drug-likeness (QED) is 0.676. The maximum atomic E-state index is 11.9. The standard InChI is InChI=1S/C12H18N2O2/c1-8-10-9(15)6-5-7-16-11(10)14(13-8)12(2,3)4/h5-7H2,1-4H3. The summed E-state index contributed by atoms with van der Waals surface area (Å²) >= 11 is 0. The first-order chi connectivity index (χ1) is 7.41. The number of aryl methyl sites for hydroxylation is 1. The number of ether oxygens (including phenoxy) is 1. The average Bonchev–Trinajstić information content (AvgIpc) is 2.37. The fourth-order valence-electron chi connectivity index (χ4n) is 1.94. The van der Waals surface area contributed by atoms with E-state index in [9.17, 15) is 4.79 Å². The lowest BCUT2D eigenvalue weighted by Crippen LogP contribution is -2.24. The van der Waals surface area contributed by atoms with Gasteiger partial charge in [-0.1, -0.05) is 0 Å². The van der Waals surface area contributed by atoms with Crippen molar-refractivity contribution in [2.24, 2.45) is 0 Å². The van der Waals surface area contributed by atoms with Crippen LogP contribution in [0.1, 0.15) is 49.7 Å². The number of nitrogens with zero attached hydrogens (tertiary/aromatic N) is 2. The SMILES string of the molecule is Cc1nn(C(C)(C)C)c2c1C(=O)CCCO2. The Morgan fingerprint density at radius 3 is 2.69 bits per heavy atom. The molecule has 1 aromatic rings. The van der Waals surface area contributed by atoms with Gasteiger partial charge in [0.2, 0.25) is 5.88 Å². The van der Waals surface area contributed by atoms with E-state index in [-0.39, 0.29) is 11.3 Å². The molecule has 88 valence electrons. The van der Waals surface area contributed by atoms with Crippen molar-refractivity contribution in [3.05, 3.63) is 11.3 Å². The van der Waals surface area contributed by atoms with Gasteiger partial charge in [0, 0.05) is 6.42 Å². The number of carbonyl (C=O) groups excluding carboxylic acids is 1. The van der Waals surface area contributed by atoms with E-state index in [0.29, 0.717) is 24.5 Å². The van der Waals surface area contributed by atoms with Gasteiger partial charge in [-0.05, 0) is 34.1 Å². The maximum absolute atomic E-state index is 11.9. The summed E-state index contributed by atoms with van der Waals surface area (Å²) in [6.45, 7) is 8.63. The summed E-state index contributed by atoms with van der Waals surface area (Å²) in [7, 11) is 0. The molecule has 0 fully saturated rings. The van der Waals surface area contributed by atoms with Crippen molar-refractivity contribution in [2.45, 2.75) is 46.1 Å². The molecule has 1 aromatic heterocycles. The van der Waals surface area contributed by atoms with Gasteiger partial charge in [-0.15, -0.1) is 0 Å². The fourth-order valence-corrected chi connectivity index (χ4v) is 1.94. The summed E-state index contributed by atoms with van der Waals surface area (Å²) in [5.74, 6) is 0.799. The molecule has 0 unspecified atom stereocenters. The molecule has 0 amide bonds. The van der Waals surface area contributed by atoms with Crippen molar-refractivity contribution in [1.82, 2.24) is 9.78 Å². The lowest BCUT2D eigenvalue weighted by Gasteiger charge is -2.21. The lowest BCUT2D eigenvalue weighted by atomic mass is 10.1. The molecule has 0 saturated carbocycles. The smallest absolute Gasteiger partial charge is 0.223 e. The topological polar surface area (TPSA) is 44.1 Å². The van der Waals surface area contributed by atoms with E-state index >= 15 is 0 Å². The van der Waals surface area contributed by atoms with Crippen LogP contribution in [0.5, 0.6) is 5.88 Å². The first kappa shape index (κ1) is 11.2. The molecule has 2 heterocycles. The van der Waals surface area contributed by atoms with Crippen molar-refractivity contribution in [3.63, 3.8) is 0 Å². The Labute approximate surface area is 95.6 Å². The number of hydrogen-bond acceptors (Lipinski definition) is 3. The van der Waals surface area contributed by atoms with E-state index in [1.54, 1.807) is 0 Å². The lowest BCUT2D eigenvalue weighted by molar-refractivity contribution is 0.0982. The van der Waals surface area contributed by atoms with Crippen LogP contribution in [0.25, 0.3) is 0 Å². The first-order valence-electron chi connectivity index (χ1n) is 5.67. The molecule has 0 aromatic carbocycles. The average molecular weight is 222 g/mol. The van der Waals surface area contributed by atoms with Crippen LogP contribution >= 0.6 is 0 Å². The van der Waals surface area contributed by atoms with Gasteiger partial charge in [-0.25, -0.2) is 4.68 Å². The number of aromatic nitrogens is 2. The number of fused-ring (bicyclic) bond motifs is 1. The molecule has 1 aliphatic rings. The fraction of sp³-hybridized carbons (Fsp3) is 0.667. The third-order valence-electron chi connectivity index (χ3n) is 2.72. The molecule has 0 atom stereocenters. The molecule has 0 bridgehead atoms. The van der Waals surface area contributed by atoms with Crippen LogP contribution < -0.4 is 4.74 Å².